The molecule has 1 unspecified atom stereocenters. The fourth-order valence-corrected chi connectivity index (χ4v) is 7.13. The SMILES string of the molecule is CC1OCCO/C1=C(/S)c1sc(I(C)C)c2c1OCCO2. The van der Waals surface area contributed by atoms with Crippen LogP contribution in [0.3, 0.4) is 0 Å². The molecule has 1 saturated heterocycles. The Morgan fingerprint density at radius 1 is 1.10 bits per heavy atom. The molecular weight excluding hydrogens is 423 g/mol. The molecule has 1 aromatic rings. The van der Waals surface area contributed by atoms with Crippen molar-refractivity contribution in [3.8, 4) is 11.5 Å². The first-order chi connectivity index (χ1) is 10.1. The van der Waals surface area contributed by atoms with Gasteiger partial charge in [-0.25, -0.2) is 0 Å². The van der Waals surface area contributed by atoms with E-state index < -0.39 is 19.8 Å². The summed E-state index contributed by atoms with van der Waals surface area (Å²) in [6, 6.07) is 0. The second kappa shape index (κ2) is 6.55. The third-order valence-electron chi connectivity index (χ3n) is 3.23. The fourth-order valence-electron chi connectivity index (χ4n) is 2.26. The minimum absolute atomic E-state index is 0.0742. The summed E-state index contributed by atoms with van der Waals surface area (Å²) < 4.78 is 24.5. The zero-order chi connectivity index (χ0) is 15.0. The Morgan fingerprint density at radius 2 is 1.76 bits per heavy atom. The van der Waals surface area contributed by atoms with E-state index in [1.807, 2.05) is 6.92 Å². The van der Waals surface area contributed by atoms with Gasteiger partial charge in [0.2, 0.25) is 0 Å². The Kier molecular flexibility index (Phi) is 4.92. The first kappa shape index (κ1) is 15.8. The van der Waals surface area contributed by atoms with Gasteiger partial charge < -0.3 is 0 Å². The zero-order valence-corrected chi connectivity index (χ0v) is 16.1. The second-order valence-corrected chi connectivity index (χ2v) is 12.5. The molecule has 118 valence electrons. The number of thiol groups is 1. The summed E-state index contributed by atoms with van der Waals surface area (Å²) in [4.78, 5) is 6.46. The zero-order valence-electron chi connectivity index (χ0n) is 12.3. The molecule has 1 atom stereocenters. The van der Waals surface area contributed by atoms with Gasteiger partial charge >= 0.3 is 142 Å². The number of hydrogen-bond donors (Lipinski definition) is 1. The minimum atomic E-state index is -1.16. The molecule has 1 aromatic heterocycles. The van der Waals surface area contributed by atoms with E-state index in [0.717, 1.165) is 27.0 Å². The van der Waals surface area contributed by atoms with Crippen LogP contribution in [0.1, 0.15) is 11.8 Å². The summed E-state index contributed by atoms with van der Waals surface area (Å²) in [7, 11) is 0. The third kappa shape index (κ3) is 3.02. The molecule has 0 N–H and O–H groups in total. The number of hydrogen-bond acceptors (Lipinski definition) is 6. The first-order valence-electron chi connectivity index (χ1n) is 6.70. The van der Waals surface area contributed by atoms with Crippen molar-refractivity contribution in [1.29, 1.82) is 0 Å². The number of rotatable bonds is 2. The topological polar surface area (TPSA) is 36.9 Å². The predicted octanol–water partition coefficient (Wildman–Crippen LogP) is 3.49. The molecule has 3 heterocycles. The average molecular weight is 442 g/mol. The van der Waals surface area contributed by atoms with Gasteiger partial charge in [0.15, 0.2) is 0 Å². The maximum absolute atomic E-state index is 5.86. The van der Waals surface area contributed by atoms with Crippen LogP contribution < -0.4 is 9.47 Å². The van der Waals surface area contributed by atoms with Crippen molar-refractivity contribution < 1.29 is 18.9 Å². The van der Waals surface area contributed by atoms with Gasteiger partial charge in [0.05, 0.1) is 0 Å². The second-order valence-electron chi connectivity index (χ2n) is 4.89. The van der Waals surface area contributed by atoms with Crippen LogP contribution in [0.4, 0.5) is 0 Å². The van der Waals surface area contributed by atoms with Gasteiger partial charge in [0, 0.05) is 0 Å². The van der Waals surface area contributed by atoms with E-state index in [4.69, 9.17) is 31.6 Å². The van der Waals surface area contributed by atoms with E-state index in [9.17, 15) is 0 Å². The number of thiophene rings is 1. The summed E-state index contributed by atoms with van der Waals surface area (Å²) in [6.45, 7) is 4.39. The standard InChI is InChI=1S/C14H19IO4S2/c1-8-9(17-5-4-16-8)12(20)13-10-11(19-7-6-18-10)14(21-13)15(2)3/h8,20H,4-7H2,1-3H3/b12-9+. The molecule has 4 nitrogen and oxygen atoms in total. The molecule has 0 bridgehead atoms. The average Bonchev–Trinajstić information content (AvgIpc) is 2.87. The monoisotopic (exact) mass is 442 g/mol. The Morgan fingerprint density at radius 3 is 2.43 bits per heavy atom. The molecule has 0 amide bonds. The molecule has 21 heavy (non-hydrogen) atoms. The van der Waals surface area contributed by atoms with Crippen molar-refractivity contribution in [2.45, 2.75) is 13.0 Å². The molecule has 0 aromatic carbocycles. The summed E-state index contributed by atoms with van der Waals surface area (Å²) >= 11 is 5.28. The molecule has 0 aliphatic carbocycles. The van der Waals surface area contributed by atoms with Gasteiger partial charge in [-0.2, -0.15) is 0 Å². The summed E-state index contributed by atoms with van der Waals surface area (Å²) in [5, 5.41) is 0. The molecule has 0 saturated carbocycles. The van der Waals surface area contributed by atoms with Crippen LogP contribution >= 0.6 is 43.8 Å². The van der Waals surface area contributed by atoms with Crippen molar-refractivity contribution in [1.82, 2.24) is 0 Å². The van der Waals surface area contributed by atoms with Gasteiger partial charge in [-0.05, 0) is 0 Å². The van der Waals surface area contributed by atoms with E-state index in [0.29, 0.717) is 26.4 Å². The third-order valence-corrected chi connectivity index (χ3v) is 9.96. The summed E-state index contributed by atoms with van der Waals surface area (Å²) in [5.74, 6) is 2.57. The van der Waals surface area contributed by atoms with E-state index in [-0.39, 0.29) is 6.10 Å². The van der Waals surface area contributed by atoms with E-state index >= 15 is 0 Å². The molecule has 7 heteroatoms. The quantitative estimate of drug-likeness (QED) is 0.433. The summed E-state index contributed by atoms with van der Waals surface area (Å²) in [5.41, 5.74) is 0. The molecule has 2 aliphatic heterocycles. The van der Waals surface area contributed by atoms with Crippen LogP contribution in [-0.4, -0.2) is 42.4 Å². The van der Waals surface area contributed by atoms with Crippen molar-refractivity contribution in [3.63, 3.8) is 0 Å². The Bertz CT molecular complexity index is 568. The maximum atomic E-state index is 5.86. The molecule has 3 rings (SSSR count). The van der Waals surface area contributed by atoms with Crippen molar-refractivity contribution in [2.75, 3.05) is 36.3 Å². The molecule has 2 aliphatic rings. The van der Waals surface area contributed by atoms with Gasteiger partial charge in [-0.1, -0.05) is 0 Å². The van der Waals surface area contributed by atoms with Gasteiger partial charge in [0.1, 0.15) is 0 Å². The Hall–Kier alpha value is -0.120. The van der Waals surface area contributed by atoms with Crippen LogP contribution in [0.2, 0.25) is 0 Å². The van der Waals surface area contributed by atoms with Crippen molar-refractivity contribution >= 4 is 48.7 Å². The number of halogens is 1. The van der Waals surface area contributed by atoms with Gasteiger partial charge in [-0.15, -0.1) is 0 Å². The fraction of sp³-hybridized carbons (Fsp3) is 0.571. The summed E-state index contributed by atoms with van der Waals surface area (Å²) in [6.07, 6.45) is -0.0742. The van der Waals surface area contributed by atoms with Crippen LogP contribution in [-0.2, 0) is 9.47 Å². The first-order valence-corrected chi connectivity index (χ1v) is 13.4. The number of fused-ring (bicyclic) bond motifs is 1. The Balaban J connectivity index is 2.07. The van der Waals surface area contributed by atoms with Gasteiger partial charge in [-0.3, -0.25) is 0 Å². The molecule has 0 radical (unpaired) electrons. The van der Waals surface area contributed by atoms with Crippen LogP contribution in [0.25, 0.3) is 4.91 Å². The van der Waals surface area contributed by atoms with Crippen LogP contribution in [0.5, 0.6) is 11.5 Å². The van der Waals surface area contributed by atoms with Crippen LogP contribution in [0.15, 0.2) is 5.76 Å². The van der Waals surface area contributed by atoms with Gasteiger partial charge in [0.25, 0.3) is 0 Å². The van der Waals surface area contributed by atoms with E-state index in [1.54, 1.807) is 11.3 Å². The van der Waals surface area contributed by atoms with E-state index in [2.05, 4.69) is 9.86 Å². The van der Waals surface area contributed by atoms with Crippen LogP contribution in [0, 0.1) is 2.88 Å². The van der Waals surface area contributed by atoms with Crippen molar-refractivity contribution in [3.05, 3.63) is 13.5 Å². The Labute approximate surface area is 141 Å². The van der Waals surface area contributed by atoms with E-state index in [1.165, 1.54) is 2.88 Å². The number of alkyl halides is 2. The normalized spacial score (nSPS) is 24.4. The number of ether oxygens (including phenoxy) is 4. The predicted molar refractivity (Wildman–Crippen MR) is 97.1 cm³/mol. The molecule has 1 fully saturated rings. The molecular formula is C14H19IO4S2. The molecule has 0 spiro atoms. The van der Waals surface area contributed by atoms with Crippen molar-refractivity contribution in [2.24, 2.45) is 0 Å².